The van der Waals surface area contributed by atoms with Crippen LogP contribution in [0.15, 0.2) is 30.3 Å². The number of aryl methyl sites for hydroxylation is 5. The van der Waals surface area contributed by atoms with Crippen LogP contribution in [0, 0.1) is 34.6 Å². The number of hydrogen-bond donors (Lipinski definition) is 2. The van der Waals surface area contributed by atoms with Crippen LogP contribution in [0.1, 0.15) is 45.0 Å². The van der Waals surface area contributed by atoms with Crippen molar-refractivity contribution in [2.75, 3.05) is 0 Å². The zero-order chi connectivity index (χ0) is 15.6. The van der Waals surface area contributed by atoms with Gasteiger partial charge in [-0.05, 0) is 74.4 Å². The fourth-order valence-electron chi connectivity index (χ4n) is 3.36. The van der Waals surface area contributed by atoms with Gasteiger partial charge < -0.3 is 0 Å². The zero-order valence-corrected chi connectivity index (χ0v) is 13.7. The number of hydrogen-bond acceptors (Lipinski definition) is 2. The van der Waals surface area contributed by atoms with Gasteiger partial charge in [0.15, 0.2) is 0 Å². The van der Waals surface area contributed by atoms with Crippen molar-refractivity contribution in [1.29, 1.82) is 0 Å². The lowest BCUT2D eigenvalue weighted by molar-refractivity contribution is 0.544. The summed E-state index contributed by atoms with van der Waals surface area (Å²) in [7, 11) is 0. The first-order chi connectivity index (χ1) is 9.93. The highest BCUT2D eigenvalue weighted by molar-refractivity contribution is 5.42. The molecule has 2 heteroatoms. The third-order valence-corrected chi connectivity index (χ3v) is 4.34. The summed E-state index contributed by atoms with van der Waals surface area (Å²) in [5, 5.41) is 0. The summed E-state index contributed by atoms with van der Waals surface area (Å²) in [6.45, 7) is 10.8. The van der Waals surface area contributed by atoms with E-state index in [-0.39, 0.29) is 6.04 Å². The summed E-state index contributed by atoms with van der Waals surface area (Å²) in [5.41, 5.74) is 12.3. The zero-order valence-electron chi connectivity index (χ0n) is 13.7. The van der Waals surface area contributed by atoms with E-state index in [0.717, 1.165) is 6.42 Å². The van der Waals surface area contributed by atoms with E-state index >= 15 is 0 Å². The summed E-state index contributed by atoms with van der Waals surface area (Å²) in [6, 6.07) is 11.1. The molecular weight excluding hydrogens is 256 g/mol. The van der Waals surface area contributed by atoms with Gasteiger partial charge in [-0.1, -0.05) is 35.9 Å². The molecule has 2 aromatic carbocycles. The van der Waals surface area contributed by atoms with E-state index in [9.17, 15) is 0 Å². The molecule has 0 aliphatic carbocycles. The van der Waals surface area contributed by atoms with E-state index in [4.69, 9.17) is 5.84 Å². The SMILES string of the molecule is Cc1cc(C)c(C(Cc2c(C)cccc2C)NN)c(C)c1. The molecule has 2 aromatic rings. The number of nitrogens with one attached hydrogen (secondary N) is 1. The van der Waals surface area contributed by atoms with Crippen molar-refractivity contribution in [3.05, 3.63) is 69.3 Å². The average Bonchev–Trinajstić information content (AvgIpc) is 2.39. The van der Waals surface area contributed by atoms with E-state index in [0.29, 0.717) is 0 Å². The van der Waals surface area contributed by atoms with Crippen molar-refractivity contribution in [3.8, 4) is 0 Å². The van der Waals surface area contributed by atoms with Crippen LogP contribution < -0.4 is 11.3 Å². The molecule has 0 amide bonds. The van der Waals surface area contributed by atoms with Crippen LogP contribution >= 0.6 is 0 Å². The molecule has 0 aromatic heterocycles. The average molecular weight is 282 g/mol. The number of benzene rings is 2. The maximum atomic E-state index is 5.88. The standard InChI is InChI=1S/C19H26N2/c1-12-9-15(4)19(16(5)10-12)18(21-20)11-17-13(2)7-6-8-14(17)3/h6-10,18,21H,11,20H2,1-5H3. The molecule has 0 heterocycles. The van der Waals surface area contributed by atoms with Gasteiger partial charge in [0.05, 0.1) is 6.04 Å². The molecular formula is C19H26N2. The smallest absolute Gasteiger partial charge is 0.0505 e. The fraction of sp³-hybridized carbons (Fsp3) is 0.368. The molecule has 0 fully saturated rings. The highest BCUT2D eigenvalue weighted by Crippen LogP contribution is 2.28. The molecule has 1 atom stereocenters. The minimum absolute atomic E-state index is 0.144. The molecule has 0 spiro atoms. The number of rotatable bonds is 4. The van der Waals surface area contributed by atoms with E-state index in [1.165, 1.54) is 38.9 Å². The lowest BCUT2D eigenvalue weighted by atomic mass is 9.88. The topological polar surface area (TPSA) is 38.0 Å². The lowest BCUT2D eigenvalue weighted by Crippen LogP contribution is -2.31. The largest absolute Gasteiger partial charge is 0.271 e. The highest BCUT2D eigenvalue weighted by atomic mass is 15.2. The molecule has 112 valence electrons. The molecule has 3 N–H and O–H groups in total. The van der Waals surface area contributed by atoms with Gasteiger partial charge in [-0.25, -0.2) is 0 Å². The van der Waals surface area contributed by atoms with Gasteiger partial charge in [-0.3, -0.25) is 11.3 Å². The third-order valence-electron chi connectivity index (χ3n) is 4.34. The van der Waals surface area contributed by atoms with Crippen molar-refractivity contribution in [3.63, 3.8) is 0 Å². The van der Waals surface area contributed by atoms with Gasteiger partial charge >= 0.3 is 0 Å². The van der Waals surface area contributed by atoms with Crippen LogP contribution in [0.3, 0.4) is 0 Å². The van der Waals surface area contributed by atoms with Crippen LogP contribution in [0.2, 0.25) is 0 Å². The van der Waals surface area contributed by atoms with Gasteiger partial charge in [-0.2, -0.15) is 0 Å². The van der Waals surface area contributed by atoms with Gasteiger partial charge in [0, 0.05) is 0 Å². The fourth-order valence-corrected chi connectivity index (χ4v) is 3.36. The predicted molar refractivity (Wildman–Crippen MR) is 90.3 cm³/mol. The molecule has 0 saturated carbocycles. The highest BCUT2D eigenvalue weighted by Gasteiger charge is 2.17. The third kappa shape index (κ3) is 3.34. The minimum atomic E-state index is 0.144. The van der Waals surface area contributed by atoms with Crippen molar-refractivity contribution in [2.45, 2.75) is 47.1 Å². The second-order valence-corrected chi connectivity index (χ2v) is 6.11. The molecule has 0 aliphatic heterocycles. The molecule has 1 unspecified atom stereocenters. The first-order valence-corrected chi connectivity index (χ1v) is 7.53. The van der Waals surface area contributed by atoms with Gasteiger partial charge in [0.1, 0.15) is 0 Å². The van der Waals surface area contributed by atoms with Gasteiger partial charge in [-0.15, -0.1) is 0 Å². The Balaban J connectivity index is 2.42. The molecule has 2 nitrogen and oxygen atoms in total. The normalized spacial score (nSPS) is 12.5. The molecule has 0 bridgehead atoms. The quantitative estimate of drug-likeness (QED) is 0.657. The van der Waals surface area contributed by atoms with E-state index < -0.39 is 0 Å². The predicted octanol–water partition coefficient (Wildman–Crippen LogP) is 3.98. The maximum Gasteiger partial charge on any atom is 0.0505 e. The molecule has 0 saturated heterocycles. The molecule has 2 rings (SSSR count). The van der Waals surface area contributed by atoms with Crippen molar-refractivity contribution < 1.29 is 0 Å². The Hall–Kier alpha value is -1.64. The van der Waals surface area contributed by atoms with Crippen LogP contribution in [-0.2, 0) is 6.42 Å². The summed E-state index contributed by atoms with van der Waals surface area (Å²) >= 11 is 0. The van der Waals surface area contributed by atoms with Gasteiger partial charge in [0.2, 0.25) is 0 Å². The summed E-state index contributed by atoms with van der Waals surface area (Å²) in [6.07, 6.45) is 0.916. The minimum Gasteiger partial charge on any atom is -0.271 e. The molecule has 0 radical (unpaired) electrons. The second kappa shape index (κ2) is 6.42. The maximum absolute atomic E-state index is 5.88. The Labute approximate surface area is 128 Å². The first-order valence-electron chi connectivity index (χ1n) is 7.53. The van der Waals surface area contributed by atoms with Crippen molar-refractivity contribution in [2.24, 2.45) is 5.84 Å². The first kappa shape index (κ1) is 15.7. The number of hydrazine groups is 1. The van der Waals surface area contributed by atoms with Crippen molar-refractivity contribution in [1.82, 2.24) is 5.43 Å². The van der Waals surface area contributed by atoms with E-state index in [1.54, 1.807) is 0 Å². The van der Waals surface area contributed by atoms with Crippen molar-refractivity contribution >= 4 is 0 Å². The Morgan fingerprint density at radius 2 is 1.43 bits per heavy atom. The van der Waals surface area contributed by atoms with Crippen LogP contribution in [-0.4, -0.2) is 0 Å². The Kier molecular flexibility index (Phi) is 4.81. The summed E-state index contributed by atoms with van der Waals surface area (Å²) in [4.78, 5) is 0. The monoisotopic (exact) mass is 282 g/mol. The number of nitrogens with two attached hydrogens (primary N) is 1. The van der Waals surface area contributed by atoms with E-state index in [1.807, 2.05) is 0 Å². The van der Waals surface area contributed by atoms with Gasteiger partial charge in [0.25, 0.3) is 0 Å². The summed E-state index contributed by atoms with van der Waals surface area (Å²) < 4.78 is 0. The van der Waals surface area contributed by atoms with Crippen LogP contribution in [0.5, 0.6) is 0 Å². The Morgan fingerprint density at radius 1 is 0.905 bits per heavy atom. The molecule has 0 aliphatic rings. The van der Waals surface area contributed by atoms with Crippen LogP contribution in [0.25, 0.3) is 0 Å². The molecule has 21 heavy (non-hydrogen) atoms. The Morgan fingerprint density at radius 3 is 1.90 bits per heavy atom. The Bertz CT molecular complexity index is 601. The van der Waals surface area contributed by atoms with E-state index in [2.05, 4.69) is 70.4 Å². The van der Waals surface area contributed by atoms with Crippen LogP contribution in [0.4, 0.5) is 0 Å². The lowest BCUT2D eigenvalue weighted by Gasteiger charge is -2.23. The second-order valence-electron chi connectivity index (χ2n) is 6.11. The summed E-state index contributed by atoms with van der Waals surface area (Å²) in [5.74, 6) is 5.88.